The van der Waals surface area contributed by atoms with Crippen molar-refractivity contribution in [3.05, 3.63) is 6.20 Å². The van der Waals surface area contributed by atoms with Crippen LogP contribution in [0.3, 0.4) is 0 Å². The summed E-state index contributed by atoms with van der Waals surface area (Å²) in [6.07, 6.45) is 1.69. The van der Waals surface area contributed by atoms with E-state index >= 15 is 0 Å². The second kappa shape index (κ2) is 5.04. The molecule has 74 valence electrons. The third-order valence-electron chi connectivity index (χ3n) is 1.73. The number of nitrogens with two attached hydrogens (primary N) is 1. The van der Waals surface area contributed by atoms with Gasteiger partial charge in [-0.1, -0.05) is 11.3 Å². The Hall–Kier alpha value is -0.810. The molecule has 4 nitrogen and oxygen atoms in total. The van der Waals surface area contributed by atoms with E-state index in [0.29, 0.717) is 6.61 Å². The molecule has 0 bridgehead atoms. The molecule has 0 saturated carbocycles. The Morgan fingerprint density at radius 2 is 2.46 bits per heavy atom. The van der Waals surface area contributed by atoms with Gasteiger partial charge >= 0.3 is 0 Å². The third-order valence-corrected chi connectivity index (χ3v) is 2.62. The molecule has 0 aliphatic carbocycles. The normalized spacial score (nSPS) is 10.3. The van der Waals surface area contributed by atoms with Crippen molar-refractivity contribution in [3.8, 4) is 0 Å². The van der Waals surface area contributed by atoms with Gasteiger partial charge in [-0.3, -0.25) is 0 Å². The molecule has 1 rings (SSSR count). The number of thiazole rings is 1. The standard InChI is InChI=1S/C8H15N3OS/c1-3-11(4-5-12-2)8-10-6-7(9)13-8/h6H,3-5,9H2,1-2H3. The number of aromatic nitrogens is 1. The summed E-state index contributed by atoms with van der Waals surface area (Å²) >= 11 is 1.51. The van der Waals surface area contributed by atoms with Gasteiger partial charge in [0, 0.05) is 20.2 Å². The van der Waals surface area contributed by atoms with Crippen LogP contribution in [0.15, 0.2) is 6.20 Å². The summed E-state index contributed by atoms with van der Waals surface area (Å²) in [5, 5.41) is 1.72. The maximum absolute atomic E-state index is 5.60. The zero-order chi connectivity index (χ0) is 9.68. The van der Waals surface area contributed by atoms with Crippen molar-refractivity contribution in [3.63, 3.8) is 0 Å². The van der Waals surface area contributed by atoms with Crippen LogP contribution >= 0.6 is 11.3 Å². The Balaban J connectivity index is 2.56. The number of likely N-dealkylation sites (N-methyl/N-ethyl adjacent to an activating group) is 1. The molecule has 0 aliphatic heterocycles. The SMILES string of the molecule is CCN(CCOC)c1ncc(N)s1. The van der Waals surface area contributed by atoms with E-state index in [-0.39, 0.29) is 0 Å². The monoisotopic (exact) mass is 201 g/mol. The average molecular weight is 201 g/mol. The van der Waals surface area contributed by atoms with E-state index in [1.807, 2.05) is 0 Å². The van der Waals surface area contributed by atoms with E-state index in [0.717, 1.165) is 23.2 Å². The van der Waals surface area contributed by atoms with E-state index in [4.69, 9.17) is 10.5 Å². The first kappa shape index (κ1) is 10.3. The number of ether oxygens (including phenoxy) is 1. The molecule has 0 radical (unpaired) electrons. The van der Waals surface area contributed by atoms with Crippen LogP contribution in [-0.2, 0) is 4.74 Å². The van der Waals surface area contributed by atoms with Crippen molar-refractivity contribution in [2.45, 2.75) is 6.92 Å². The van der Waals surface area contributed by atoms with Crippen molar-refractivity contribution in [2.75, 3.05) is 37.4 Å². The average Bonchev–Trinajstić information content (AvgIpc) is 2.54. The lowest BCUT2D eigenvalue weighted by molar-refractivity contribution is 0.205. The van der Waals surface area contributed by atoms with Crippen LogP contribution in [0.1, 0.15) is 6.92 Å². The van der Waals surface area contributed by atoms with Crippen molar-refractivity contribution in [1.82, 2.24) is 4.98 Å². The van der Waals surface area contributed by atoms with Crippen molar-refractivity contribution in [1.29, 1.82) is 0 Å². The van der Waals surface area contributed by atoms with Gasteiger partial charge in [0.25, 0.3) is 0 Å². The first-order chi connectivity index (χ1) is 6.27. The van der Waals surface area contributed by atoms with Gasteiger partial charge in [-0.15, -0.1) is 0 Å². The first-order valence-corrected chi connectivity index (χ1v) is 5.04. The summed E-state index contributed by atoms with van der Waals surface area (Å²) in [6.45, 7) is 4.59. The fraction of sp³-hybridized carbons (Fsp3) is 0.625. The minimum Gasteiger partial charge on any atom is -0.389 e. The van der Waals surface area contributed by atoms with Crippen LogP contribution in [0.2, 0.25) is 0 Å². The van der Waals surface area contributed by atoms with Gasteiger partial charge in [-0.05, 0) is 6.92 Å². The smallest absolute Gasteiger partial charge is 0.187 e. The quantitative estimate of drug-likeness (QED) is 0.777. The molecular formula is C8H15N3OS. The summed E-state index contributed by atoms with van der Waals surface area (Å²) < 4.78 is 5.01. The van der Waals surface area contributed by atoms with Crippen LogP contribution in [-0.4, -0.2) is 31.8 Å². The van der Waals surface area contributed by atoms with Gasteiger partial charge in [0.15, 0.2) is 5.13 Å². The molecule has 0 atom stereocenters. The Kier molecular flexibility index (Phi) is 3.98. The fourth-order valence-electron chi connectivity index (χ4n) is 1.01. The van der Waals surface area contributed by atoms with Crippen molar-refractivity contribution in [2.24, 2.45) is 0 Å². The minimum absolute atomic E-state index is 0.716. The lowest BCUT2D eigenvalue weighted by Crippen LogP contribution is -2.26. The molecule has 0 unspecified atom stereocenters. The van der Waals surface area contributed by atoms with Gasteiger partial charge in [-0.2, -0.15) is 0 Å². The summed E-state index contributed by atoms with van der Waals surface area (Å²) in [6, 6.07) is 0. The van der Waals surface area contributed by atoms with E-state index in [2.05, 4.69) is 16.8 Å². The van der Waals surface area contributed by atoms with Gasteiger partial charge in [0.05, 0.1) is 12.8 Å². The number of hydrogen-bond acceptors (Lipinski definition) is 5. The fourth-order valence-corrected chi connectivity index (χ4v) is 1.78. The maximum atomic E-state index is 5.60. The van der Waals surface area contributed by atoms with E-state index in [1.165, 1.54) is 11.3 Å². The molecule has 13 heavy (non-hydrogen) atoms. The van der Waals surface area contributed by atoms with Crippen LogP contribution < -0.4 is 10.6 Å². The molecule has 0 spiro atoms. The number of nitrogens with zero attached hydrogens (tertiary/aromatic N) is 2. The zero-order valence-electron chi connectivity index (χ0n) is 7.99. The first-order valence-electron chi connectivity index (χ1n) is 4.23. The molecule has 0 amide bonds. The lowest BCUT2D eigenvalue weighted by Gasteiger charge is -2.18. The van der Waals surface area contributed by atoms with E-state index in [9.17, 15) is 0 Å². The largest absolute Gasteiger partial charge is 0.389 e. The van der Waals surface area contributed by atoms with E-state index < -0.39 is 0 Å². The lowest BCUT2D eigenvalue weighted by atomic mass is 10.5. The van der Waals surface area contributed by atoms with Crippen LogP contribution in [0.4, 0.5) is 10.1 Å². The molecular weight excluding hydrogens is 186 g/mol. The number of anilines is 2. The number of methoxy groups -OCH3 is 1. The molecule has 0 aliphatic rings. The Morgan fingerprint density at radius 1 is 1.69 bits per heavy atom. The number of nitrogen functional groups attached to an aromatic ring is 1. The second-order valence-corrected chi connectivity index (χ2v) is 3.66. The predicted molar refractivity (Wildman–Crippen MR) is 56.3 cm³/mol. The topological polar surface area (TPSA) is 51.4 Å². The van der Waals surface area contributed by atoms with Crippen LogP contribution in [0, 0.1) is 0 Å². The number of hydrogen-bond donors (Lipinski definition) is 1. The highest BCUT2D eigenvalue weighted by molar-refractivity contribution is 7.19. The van der Waals surface area contributed by atoms with Gasteiger partial charge in [-0.25, -0.2) is 4.98 Å². The molecule has 2 N–H and O–H groups in total. The molecule has 1 aromatic rings. The molecule has 0 fully saturated rings. The van der Waals surface area contributed by atoms with Crippen LogP contribution in [0.25, 0.3) is 0 Å². The van der Waals surface area contributed by atoms with Gasteiger partial charge < -0.3 is 15.4 Å². The summed E-state index contributed by atoms with van der Waals surface area (Å²) in [7, 11) is 1.70. The molecule has 0 aromatic carbocycles. The molecule has 1 heterocycles. The Labute approximate surface area is 82.3 Å². The number of rotatable bonds is 5. The summed E-state index contributed by atoms with van der Waals surface area (Å²) in [5.74, 6) is 0. The van der Waals surface area contributed by atoms with Crippen molar-refractivity contribution >= 4 is 21.5 Å². The molecule has 0 saturated heterocycles. The predicted octanol–water partition coefficient (Wildman–Crippen LogP) is 1.20. The Morgan fingerprint density at radius 3 is 2.92 bits per heavy atom. The minimum atomic E-state index is 0.716. The highest BCUT2D eigenvalue weighted by atomic mass is 32.1. The maximum Gasteiger partial charge on any atom is 0.187 e. The second-order valence-electron chi connectivity index (χ2n) is 2.62. The highest BCUT2D eigenvalue weighted by Crippen LogP contribution is 2.23. The molecule has 1 aromatic heterocycles. The summed E-state index contributed by atoms with van der Waals surface area (Å²) in [4.78, 5) is 6.35. The zero-order valence-corrected chi connectivity index (χ0v) is 8.80. The highest BCUT2D eigenvalue weighted by Gasteiger charge is 2.07. The van der Waals surface area contributed by atoms with Crippen molar-refractivity contribution < 1.29 is 4.74 Å². The molecule has 5 heteroatoms. The van der Waals surface area contributed by atoms with E-state index in [1.54, 1.807) is 13.3 Å². The Bertz CT molecular complexity index is 251. The van der Waals surface area contributed by atoms with Crippen LogP contribution in [0.5, 0.6) is 0 Å². The summed E-state index contributed by atoms with van der Waals surface area (Å²) in [5.41, 5.74) is 5.60. The third kappa shape index (κ3) is 2.86. The van der Waals surface area contributed by atoms with Gasteiger partial charge in [0.2, 0.25) is 0 Å². The van der Waals surface area contributed by atoms with Gasteiger partial charge in [0.1, 0.15) is 5.00 Å².